The third-order valence-corrected chi connectivity index (χ3v) is 5.14. The monoisotopic (exact) mass is 330 g/mol. The number of rotatable bonds is 4. The summed E-state index contributed by atoms with van der Waals surface area (Å²) in [5.74, 6) is 0.369. The van der Waals surface area contributed by atoms with Gasteiger partial charge in [-0.3, -0.25) is 4.79 Å². The highest BCUT2D eigenvalue weighted by atomic mass is 32.2. The van der Waals surface area contributed by atoms with Crippen LogP contribution in [0, 0.1) is 5.82 Å². The van der Waals surface area contributed by atoms with E-state index in [-0.39, 0.29) is 17.8 Å². The number of hydrogen-bond donors (Lipinski definition) is 2. The Morgan fingerprint density at radius 3 is 2.83 bits per heavy atom. The summed E-state index contributed by atoms with van der Waals surface area (Å²) < 4.78 is 13.9. The van der Waals surface area contributed by atoms with E-state index in [9.17, 15) is 9.18 Å². The van der Waals surface area contributed by atoms with Gasteiger partial charge in [-0.1, -0.05) is 42.5 Å². The molecule has 2 aromatic carbocycles. The van der Waals surface area contributed by atoms with Crippen LogP contribution in [0.2, 0.25) is 0 Å². The third kappa shape index (κ3) is 3.74. The molecule has 120 valence electrons. The molecule has 0 bridgehead atoms. The minimum Gasteiger partial charge on any atom is -0.348 e. The fourth-order valence-electron chi connectivity index (χ4n) is 2.78. The normalized spacial score (nSPS) is 18.1. The van der Waals surface area contributed by atoms with Gasteiger partial charge in [0.25, 0.3) is 0 Å². The van der Waals surface area contributed by atoms with Gasteiger partial charge in [-0.2, -0.15) is 0 Å². The zero-order chi connectivity index (χ0) is 16.2. The molecule has 0 aliphatic carbocycles. The molecule has 0 aromatic heterocycles. The zero-order valence-electron chi connectivity index (χ0n) is 12.7. The zero-order valence-corrected chi connectivity index (χ0v) is 13.5. The summed E-state index contributed by atoms with van der Waals surface area (Å²) in [6, 6.07) is 13.9. The van der Waals surface area contributed by atoms with Gasteiger partial charge >= 0.3 is 0 Å². The highest BCUT2D eigenvalue weighted by molar-refractivity contribution is 7.99. The van der Waals surface area contributed by atoms with Gasteiger partial charge in [0, 0.05) is 10.6 Å². The fraction of sp³-hybridized carbons (Fsp3) is 0.278. The number of carbonyl (C=O) groups is 1. The number of fused-ring (bicyclic) bond motifs is 1. The van der Waals surface area contributed by atoms with Gasteiger partial charge in [0.2, 0.25) is 5.91 Å². The average molecular weight is 330 g/mol. The minimum absolute atomic E-state index is 0.170. The Balaban J connectivity index is 1.68. The van der Waals surface area contributed by atoms with Crippen molar-refractivity contribution in [2.24, 2.45) is 5.73 Å². The Kier molecular flexibility index (Phi) is 4.98. The third-order valence-electron chi connectivity index (χ3n) is 3.98. The Bertz CT molecular complexity index is 693. The largest absolute Gasteiger partial charge is 0.348 e. The van der Waals surface area contributed by atoms with Crippen molar-refractivity contribution in [2.45, 2.75) is 29.8 Å². The van der Waals surface area contributed by atoms with Crippen molar-refractivity contribution in [1.82, 2.24) is 5.32 Å². The molecular formula is C18H19FN2OS. The van der Waals surface area contributed by atoms with Crippen LogP contribution in [0.3, 0.4) is 0 Å². The van der Waals surface area contributed by atoms with Crippen LogP contribution in [0.25, 0.3) is 0 Å². The van der Waals surface area contributed by atoms with E-state index in [0.717, 1.165) is 23.3 Å². The smallest absolute Gasteiger partial charge is 0.237 e. The van der Waals surface area contributed by atoms with Crippen LogP contribution < -0.4 is 11.1 Å². The number of thioether (sulfide) groups is 1. The summed E-state index contributed by atoms with van der Waals surface area (Å²) >= 11 is 1.50. The Labute approximate surface area is 139 Å². The first kappa shape index (κ1) is 16.0. The van der Waals surface area contributed by atoms with Crippen LogP contribution in [0.1, 0.15) is 23.6 Å². The molecule has 2 aromatic rings. The van der Waals surface area contributed by atoms with Crippen molar-refractivity contribution in [2.75, 3.05) is 5.75 Å². The first-order valence-corrected chi connectivity index (χ1v) is 8.65. The van der Waals surface area contributed by atoms with E-state index in [2.05, 4.69) is 5.32 Å². The number of amides is 1. The van der Waals surface area contributed by atoms with Crippen LogP contribution >= 0.6 is 11.8 Å². The maximum atomic E-state index is 13.9. The van der Waals surface area contributed by atoms with Crippen molar-refractivity contribution in [3.05, 3.63) is 65.5 Å². The molecule has 1 aliphatic rings. The Morgan fingerprint density at radius 1 is 1.26 bits per heavy atom. The van der Waals surface area contributed by atoms with Crippen molar-refractivity contribution in [3.8, 4) is 0 Å². The molecule has 5 heteroatoms. The number of nitrogens with one attached hydrogen (secondary N) is 1. The van der Waals surface area contributed by atoms with E-state index in [4.69, 9.17) is 5.73 Å². The second kappa shape index (κ2) is 7.15. The molecule has 0 fully saturated rings. The quantitative estimate of drug-likeness (QED) is 0.906. The molecule has 1 unspecified atom stereocenters. The Hall–Kier alpha value is -1.85. The van der Waals surface area contributed by atoms with Crippen LogP contribution in [0.15, 0.2) is 53.4 Å². The predicted molar refractivity (Wildman–Crippen MR) is 90.7 cm³/mol. The summed E-state index contributed by atoms with van der Waals surface area (Å²) in [5.41, 5.74) is 7.90. The standard InChI is InChI=1S/C18H19FN2OS/c19-14-8-4-7-13-16(9-10-23-17(13)14)21-18(22)15(20)11-12-5-2-1-3-6-12/h1-8,15-16H,9-11,20H2,(H,21,22)/t15-,16?/m0/s1. The number of benzene rings is 2. The van der Waals surface area contributed by atoms with Gasteiger partial charge < -0.3 is 11.1 Å². The SMILES string of the molecule is N[C@@H](Cc1ccccc1)C(=O)NC1CCSc2c(F)cccc21. The molecule has 3 nitrogen and oxygen atoms in total. The molecule has 0 radical (unpaired) electrons. The van der Waals surface area contributed by atoms with Gasteiger partial charge in [-0.15, -0.1) is 11.8 Å². The van der Waals surface area contributed by atoms with E-state index in [0.29, 0.717) is 11.3 Å². The number of nitrogens with two attached hydrogens (primary N) is 1. The van der Waals surface area contributed by atoms with Gasteiger partial charge in [0.15, 0.2) is 0 Å². The summed E-state index contributed by atoms with van der Waals surface area (Å²) in [5, 5.41) is 2.98. The topological polar surface area (TPSA) is 55.1 Å². The number of carbonyl (C=O) groups excluding carboxylic acids is 1. The predicted octanol–water partition coefficient (Wildman–Crippen LogP) is 3.05. The number of hydrogen-bond acceptors (Lipinski definition) is 3. The van der Waals surface area contributed by atoms with Crippen molar-refractivity contribution >= 4 is 17.7 Å². The lowest BCUT2D eigenvalue weighted by molar-refractivity contribution is -0.123. The molecule has 1 heterocycles. The van der Waals surface area contributed by atoms with E-state index in [1.807, 2.05) is 36.4 Å². The average Bonchev–Trinajstić information content (AvgIpc) is 2.56. The fourth-order valence-corrected chi connectivity index (χ4v) is 3.92. The van der Waals surface area contributed by atoms with Gasteiger partial charge in [0.05, 0.1) is 12.1 Å². The second-order valence-corrected chi connectivity index (χ2v) is 6.76. The summed E-state index contributed by atoms with van der Waals surface area (Å²) in [7, 11) is 0. The molecule has 0 saturated carbocycles. The molecule has 3 rings (SSSR count). The Morgan fingerprint density at radius 2 is 2.04 bits per heavy atom. The summed E-state index contributed by atoms with van der Waals surface area (Å²) in [6.45, 7) is 0. The second-order valence-electron chi connectivity index (χ2n) is 5.65. The molecule has 0 saturated heterocycles. The maximum Gasteiger partial charge on any atom is 0.237 e. The van der Waals surface area contributed by atoms with E-state index in [1.165, 1.54) is 17.8 Å². The lowest BCUT2D eigenvalue weighted by atomic mass is 10.0. The highest BCUT2D eigenvalue weighted by Crippen LogP contribution is 2.37. The summed E-state index contributed by atoms with van der Waals surface area (Å²) in [4.78, 5) is 13.0. The van der Waals surface area contributed by atoms with E-state index in [1.54, 1.807) is 6.07 Å². The molecule has 1 aliphatic heterocycles. The van der Waals surface area contributed by atoms with E-state index >= 15 is 0 Å². The van der Waals surface area contributed by atoms with E-state index < -0.39 is 6.04 Å². The minimum atomic E-state index is -0.607. The molecular weight excluding hydrogens is 311 g/mol. The maximum absolute atomic E-state index is 13.9. The number of halogens is 1. The molecule has 0 spiro atoms. The van der Waals surface area contributed by atoms with Crippen LogP contribution in [-0.2, 0) is 11.2 Å². The molecule has 23 heavy (non-hydrogen) atoms. The van der Waals surface area contributed by atoms with Crippen LogP contribution in [0.5, 0.6) is 0 Å². The van der Waals surface area contributed by atoms with Crippen LogP contribution in [-0.4, -0.2) is 17.7 Å². The lowest BCUT2D eigenvalue weighted by Crippen LogP contribution is -2.44. The van der Waals surface area contributed by atoms with Crippen molar-refractivity contribution in [3.63, 3.8) is 0 Å². The highest BCUT2D eigenvalue weighted by Gasteiger charge is 2.26. The first-order chi connectivity index (χ1) is 11.1. The van der Waals surface area contributed by atoms with Gasteiger partial charge in [0.1, 0.15) is 5.82 Å². The molecule has 1 amide bonds. The van der Waals surface area contributed by atoms with Gasteiger partial charge in [-0.25, -0.2) is 4.39 Å². The van der Waals surface area contributed by atoms with Crippen molar-refractivity contribution in [1.29, 1.82) is 0 Å². The first-order valence-electron chi connectivity index (χ1n) is 7.66. The van der Waals surface area contributed by atoms with Gasteiger partial charge in [-0.05, 0) is 30.0 Å². The van der Waals surface area contributed by atoms with Crippen molar-refractivity contribution < 1.29 is 9.18 Å². The van der Waals surface area contributed by atoms with Crippen LogP contribution in [0.4, 0.5) is 4.39 Å². The molecule has 3 N–H and O–H groups in total. The lowest BCUT2D eigenvalue weighted by Gasteiger charge is -2.27. The summed E-state index contributed by atoms with van der Waals surface area (Å²) in [6.07, 6.45) is 1.27. The molecule has 2 atom stereocenters.